The summed E-state index contributed by atoms with van der Waals surface area (Å²) >= 11 is 0. The Morgan fingerprint density at radius 1 is 0.800 bits per heavy atom. The van der Waals surface area contributed by atoms with Crippen LogP contribution in [0.3, 0.4) is 0 Å². The third-order valence-corrected chi connectivity index (χ3v) is 0.813. The maximum Gasteiger partial charge on any atom is 2.00 e. The van der Waals surface area contributed by atoms with Gasteiger partial charge in [-0.15, -0.1) is 11.5 Å². The summed E-state index contributed by atoms with van der Waals surface area (Å²) < 4.78 is 0. The van der Waals surface area contributed by atoms with E-state index in [9.17, 15) is 19.8 Å². The summed E-state index contributed by atoms with van der Waals surface area (Å²) in [6.07, 6.45) is 2.11. The summed E-state index contributed by atoms with van der Waals surface area (Å²) in [7, 11) is 0. The second-order valence-electron chi connectivity index (χ2n) is 2.73. The van der Waals surface area contributed by atoms with Crippen LogP contribution in [0.4, 0.5) is 0 Å². The fourth-order valence-electron chi connectivity index (χ4n) is 0.572. The molecule has 0 aliphatic carbocycles. The Morgan fingerprint density at radius 3 is 1.00 bits per heavy atom. The zero-order chi connectivity index (χ0) is 11.7. The molecule has 0 aliphatic rings. The number of rotatable bonds is 2. The molecule has 15 heavy (non-hydrogen) atoms. The van der Waals surface area contributed by atoms with Crippen molar-refractivity contribution in [1.29, 1.82) is 0 Å². The van der Waals surface area contributed by atoms with Gasteiger partial charge in [-0.25, -0.2) is 0 Å². The summed E-state index contributed by atoms with van der Waals surface area (Å²) in [5, 5.41) is 20.0. The smallest absolute Gasteiger partial charge is 0.876 e. The van der Waals surface area contributed by atoms with Crippen molar-refractivity contribution in [3.63, 3.8) is 0 Å². The average Bonchev–Trinajstić information content (AvgIpc) is 1.79. The van der Waals surface area contributed by atoms with Crippen LogP contribution in [0.2, 0.25) is 0 Å². The minimum atomic E-state index is -0.187. The molecule has 0 fully saturated rings. The Hall–Kier alpha value is -0.944. The third kappa shape index (κ3) is 32.1. The fourth-order valence-corrected chi connectivity index (χ4v) is 0.572. The molecule has 0 rings (SSSR count). The molecule has 0 atom stereocenters. The van der Waals surface area contributed by atoms with Crippen LogP contribution >= 0.6 is 0 Å². The molecule has 0 amide bonds. The number of carbonyl (C=O) groups excluding carboxylic acids is 2. The first-order chi connectivity index (χ1) is 6.25. The fraction of sp³-hybridized carbons (Fsp3) is 0.400. The molecule has 5 heteroatoms. The average molecular weight is 388 g/mol. The largest absolute Gasteiger partial charge is 2.00 e. The van der Waals surface area contributed by atoms with Crippen LogP contribution in [0.15, 0.2) is 23.7 Å². The summed E-state index contributed by atoms with van der Waals surface area (Å²) in [6.45, 7) is 5.39. The Kier molecular flexibility index (Phi) is 14.5. The van der Waals surface area contributed by atoms with Crippen molar-refractivity contribution >= 4 is 11.6 Å². The van der Waals surface area contributed by atoms with Crippen LogP contribution in [-0.2, 0) is 29.4 Å². The van der Waals surface area contributed by atoms with Gasteiger partial charge in [0.1, 0.15) is 0 Å². The topological polar surface area (TPSA) is 80.3 Å². The van der Waals surface area contributed by atoms with Crippen molar-refractivity contribution in [2.45, 2.75) is 27.7 Å². The van der Waals surface area contributed by atoms with E-state index < -0.39 is 0 Å². The predicted octanol–water partition coefficient (Wildman–Crippen LogP) is -0.324. The number of hydrogen-bond acceptors (Lipinski definition) is 4. The van der Waals surface area contributed by atoms with Gasteiger partial charge >= 0.3 is 19.8 Å². The molecule has 0 aromatic heterocycles. The van der Waals surface area contributed by atoms with E-state index in [1.165, 1.54) is 27.7 Å². The molecule has 4 nitrogen and oxygen atoms in total. The Morgan fingerprint density at radius 2 is 1.00 bits per heavy atom. The van der Waals surface area contributed by atoms with Gasteiger partial charge in [0.15, 0.2) is 11.6 Å². The van der Waals surface area contributed by atoms with Crippen LogP contribution in [0.5, 0.6) is 0 Å². The van der Waals surface area contributed by atoms with Crippen molar-refractivity contribution in [1.82, 2.24) is 0 Å². The van der Waals surface area contributed by atoms with Gasteiger partial charge in [-0.1, -0.05) is 13.8 Å². The van der Waals surface area contributed by atoms with Crippen LogP contribution in [0.25, 0.3) is 0 Å². The van der Waals surface area contributed by atoms with Crippen LogP contribution < -0.4 is 10.2 Å². The van der Waals surface area contributed by atoms with E-state index in [1.54, 1.807) is 0 Å². The van der Waals surface area contributed by atoms with E-state index in [4.69, 9.17) is 0 Å². The number of hydrogen-bond donors (Lipinski definition) is 0. The zero-order valence-corrected chi connectivity index (χ0v) is 11.7. The Balaban J connectivity index is -0.000000180. The molecular weight excluding hydrogens is 374 g/mol. The van der Waals surface area contributed by atoms with Gasteiger partial charge in [-0.05, 0) is 26.0 Å². The minimum absolute atomic E-state index is 0. The molecule has 0 radical (unpaired) electrons. The quantitative estimate of drug-likeness (QED) is 0.480. The minimum Gasteiger partial charge on any atom is -0.876 e. The third-order valence-electron chi connectivity index (χ3n) is 0.813. The summed E-state index contributed by atoms with van der Waals surface area (Å²) in [5.41, 5.74) is 0. The van der Waals surface area contributed by atoms with Gasteiger partial charge in [0.25, 0.3) is 0 Å². The van der Waals surface area contributed by atoms with Crippen molar-refractivity contribution in [2.75, 3.05) is 0 Å². The molecule has 86 valence electrons. The molecule has 0 saturated carbocycles. The molecule has 0 aromatic rings. The molecule has 0 heterocycles. The van der Waals surface area contributed by atoms with Crippen molar-refractivity contribution in [2.24, 2.45) is 0 Å². The Bertz CT molecular complexity index is 231. The maximum atomic E-state index is 9.98. The van der Waals surface area contributed by atoms with E-state index in [0.717, 1.165) is 12.2 Å². The number of carbonyl (C=O) groups is 2. The monoisotopic (exact) mass is 390 g/mol. The first kappa shape index (κ1) is 19.6. The molecule has 0 saturated heterocycles. The van der Waals surface area contributed by atoms with Crippen molar-refractivity contribution < 1.29 is 39.6 Å². The summed E-state index contributed by atoms with van der Waals surface area (Å²) in [4.78, 5) is 20.0. The second kappa shape index (κ2) is 11.1. The van der Waals surface area contributed by atoms with Crippen molar-refractivity contribution in [3.05, 3.63) is 23.7 Å². The van der Waals surface area contributed by atoms with Crippen molar-refractivity contribution in [3.8, 4) is 0 Å². The van der Waals surface area contributed by atoms with Crippen LogP contribution in [-0.4, -0.2) is 11.6 Å². The molecule has 0 unspecified atom stereocenters. The number of allylic oxidation sites excluding steroid dienone is 4. The summed E-state index contributed by atoms with van der Waals surface area (Å²) in [5.74, 6) is -0.750. The SMILES string of the molecule is CC(=O)/C=C(/C)[O-].CC(=O)/C=C(/C)[O-].[Os+2]. The normalized spacial score (nSPS) is 10.7. The molecule has 0 spiro atoms. The molecule has 0 aromatic carbocycles. The van der Waals surface area contributed by atoms with Gasteiger partial charge in [0.05, 0.1) is 0 Å². The standard InChI is InChI=1S/2C5H8O2.Os/c2*1-4(6)3-5(2)7;/h2*3,6H,1-2H3;/q;;+2/p-2/b2*4-3-;. The first-order valence-electron chi connectivity index (χ1n) is 3.97. The molecular formula is C10H14O4Os. The van der Waals surface area contributed by atoms with Gasteiger partial charge in [-0.3, -0.25) is 9.59 Å². The van der Waals surface area contributed by atoms with Gasteiger partial charge in [-0.2, -0.15) is 0 Å². The second-order valence-corrected chi connectivity index (χ2v) is 2.73. The van der Waals surface area contributed by atoms with Gasteiger partial charge in [0.2, 0.25) is 0 Å². The predicted molar refractivity (Wildman–Crippen MR) is 48.9 cm³/mol. The van der Waals surface area contributed by atoms with E-state index in [0.29, 0.717) is 0 Å². The summed E-state index contributed by atoms with van der Waals surface area (Å²) in [6, 6.07) is 0. The van der Waals surface area contributed by atoms with E-state index in [1.807, 2.05) is 0 Å². The maximum absolute atomic E-state index is 9.98. The molecule has 0 N–H and O–H groups in total. The van der Waals surface area contributed by atoms with Gasteiger partial charge in [0, 0.05) is 0 Å². The Labute approximate surface area is 103 Å². The molecule has 0 bridgehead atoms. The van der Waals surface area contributed by atoms with E-state index >= 15 is 0 Å². The first-order valence-corrected chi connectivity index (χ1v) is 3.97. The van der Waals surface area contributed by atoms with Gasteiger partial charge < -0.3 is 10.2 Å². The van der Waals surface area contributed by atoms with Crippen LogP contribution in [0.1, 0.15) is 27.7 Å². The number of ketones is 2. The zero-order valence-electron chi connectivity index (χ0n) is 9.14. The molecule has 0 aliphatic heterocycles. The van der Waals surface area contributed by atoms with E-state index in [2.05, 4.69) is 0 Å². The van der Waals surface area contributed by atoms with E-state index in [-0.39, 0.29) is 42.9 Å². The van der Waals surface area contributed by atoms with Crippen LogP contribution in [0, 0.1) is 0 Å².